The highest BCUT2D eigenvalue weighted by molar-refractivity contribution is 9.11. The fraction of sp³-hybridized carbons (Fsp3) is 0.333. The van der Waals surface area contributed by atoms with E-state index in [1.807, 2.05) is 6.07 Å². The molecule has 0 bridgehead atoms. The van der Waals surface area contributed by atoms with Gasteiger partial charge in [0, 0.05) is 14.9 Å². The number of hydrogen-bond donors (Lipinski definition) is 0. The Morgan fingerprint density at radius 3 is 2.85 bits per heavy atom. The molecule has 70 valence electrons. The van der Waals surface area contributed by atoms with Gasteiger partial charge in [-0.05, 0) is 34.5 Å². The fourth-order valence-electron chi connectivity index (χ4n) is 1.39. The Morgan fingerprint density at radius 2 is 2.08 bits per heavy atom. The maximum absolute atomic E-state index is 5.58. The number of benzene rings is 1. The van der Waals surface area contributed by atoms with E-state index in [4.69, 9.17) is 4.74 Å². The lowest BCUT2D eigenvalue weighted by atomic mass is 10.1. The second-order valence-electron chi connectivity index (χ2n) is 2.91. The van der Waals surface area contributed by atoms with E-state index in [1.54, 1.807) is 0 Å². The minimum absolute atomic E-state index is 0.407. The molecule has 1 aromatic rings. The Kier molecular flexibility index (Phi) is 3.01. The Morgan fingerprint density at radius 1 is 1.31 bits per heavy atom. The zero-order valence-electron chi connectivity index (χ0n) is 6.69. The highest BCUT2D eigenvalue weighted by atomic mass is 79.9. The predicted octanol–water partition coefficient (Wildman–Crippen LogP) is 4.43. The van der Waals surface area contributed by atoms with Crippen molar-refractivity contribution in [2.45, 2.75) is 11.2 Å². The van der Waals surface area contributed by atoms with E-state index in [0.717, 1.165) is 27.7 Å². The molecule has 0 saturated heterocycles. The van der Waals surface area contributed by atoms with Crippen LogP contribution in [-0.4, -0.2) is 6.61 Å². The maximum atomic E-state index is 5.58. The number of halogens is 3. The van der Waals surface area contributed by atoms with Crippen LogP contribution in [0.4, 0.5) is 0 Å². The first-order valence-corrected chi connectivity index (χ1v) is 6.44. The lowest BCUT2D eigenvalue weighted by Crippen LogP contribution is -2.10. The van der Waals surface area contributed by atoms with Gasteiger partial charge >= 0.3 is 0 Å². The SMILES string of the molecule is Brc1cc(Br)c2c(c1)C(Br)CCO2. The summed E-state index contributed by atoms with van der Waals surface area (Å²) in [5.74, 6) is 0.969. The van der Waals surface area contributed by atoms with Crippen LogP contribution in [0.25, 0.3) is 0 Å². The van der Waals surface area contributed by atoms with Gasteiger partial charge < -0.3 is 4.74 Å². The summed E-state index contributed by atoms with van der Waals surface area (Å²) < 4.78 is 7.67. The molecular formula is C9H7Br3O. The van der Waals surface area contributed by atoms with Crippen LogP contribution in [0, 0.1) is 0 Å². The van der Waals surface area contributed by atoms with Gasteiger partial charge in [0.15, 0.2) is 0 Å². The summed E-state index contributed by atoms with van der Waals surface area (Å²) in [5, 5.41) is 0. The summed E-state index contributed by atoms with van der Waals surface area (Å²) in [6.45, 7) is 0.781. The van der Waals surface area contributed by atoms with E-state index in [1.165, 1.54) is 5.56 Å². The van der Waals surface area contributed by atoms with Gasteiger partial charge in [0.25, 0.3) is 0 Å². The van der Waals surface area contributed by atoms with Crippen LogP contribution in [-0.2, 0) is 0 Å². The van der Waals surface area contributed by atoms with Gasteiger partial charge in [0.2, 0.25) is 0 Å². The Labute approximate surface area is 102 Å². The third-order valence-corrected chi connectivity index (χ3v) is 3.99. The molecule has 0 amide bonds. The van der Waals surface area contributed by atoms with Gasteiger partial charge in [-0.3, -0.25) is 0 Å². The molecule has 1 heterocycles. The molecule has 0 radical (unpaired) electrons. The first-order valence-electron chi connectivity index (χ1n) is 3.94. The Balaban J connectivity index is 2.56. The second-order valence-corrected chi connectivity index (χ2v) is 5.79. The summed E-state index contributed by atoms with van der Waals surface area (Å²) in [7, 11) is 0. The lowest BCUT2D eigenvalue weighted by Gasteiger charge is -2.23. The average molecular weight is 371 g/mol. The second kappa shape index (κ2) is 3.91. The quantitative estimate of drug-likeness (QED) is 0.614. The number of fused-ring (bicyclic) bond motifs is 1. The first-order chi connectivity index (χ1) is 6.18. The molecule has 0 aliphatic carbocycles. The van der Waals surface area contributed by atoms with Crippen molar-refractivity contribution < 1.29 is 4.74 Å². The molecule has 0 fully saturated rings. The number of hydrogen-bond acceptors (Lipinski definition) is 1. The summed E-state index contributed by atoms with van der Waals surface area (Å²) in [6.07, 6.45) is 1.02. The van der Waals surface area contributed by atoms with Crippen molar-refractivity contribution in [2.24, 2.45) is 0 Å². The van der Waals surface area contributed by atoms with Gasteiger partial charge in [-0.2, -0.15) is 0 Å². The topological polar surface area (TPSA) is 9.23 Å². The summed E-state index contributed by atoms with van der Waals surface area (Å²) in [5.41, 5.74) is 1.22. The van der Waals surface area contributed by atoms with Gasteiger partial charge in [-0.25, -0.2) is 0 Å². The fourth-order valence-corrected chi connectivity index (χ4v) is 3.28. The van der Waals surface area contributed by atoms with Crippen molar-refractivity contribution in [1.82, 2.24) is 0 Å². The summed E-state index contributed by atoms with van der Waals surface area (Å²) in [6, 6.07) is 4.10. The molecule has 0 N–H and O–H groups in total. The van der Waals surface area contributed by atoms with E-state index in [-0.39, 0.29) is 0 Å². The molecule has 0 spiro atoms. The van der Waals surface area contributed by atoms with E-state index in [2.05, 4.69) is 53.9 Å². The highest BCUT2D eigenvalue weighted by Gasteiger charge is 2.21. The molecule has 0 saturated carbocycles. The molecular weight excluding hydrogens is 364 g/mol. The Bertz CT molecular complexity index is 338. The zero-order valence-corrected chi connectivity index (χ0v) is 11.4. The Hall–Kier alpha value is 0.460. The molecule has 1 atom stereocenters. The molecule has 0 aromatic heterocycles. The standard InChI is InChI=1S/C9H7Br3O/c10-5-3-6-7(11)1-2-13-9(6)8(12)4-5/h3-4,7H,1-2H2. The smallest absolute Gasteiger partial charge is 0.137 e. The molecule has 1 unspecified atom stereocenters. The normalized spacial score (nSPS) is 20.7. The van der Waals surface area contributed by atoms with Crippen LogP contribution >= 0.6 is 47.8 Å². The van der Waals surface area contributed by atoms with Crippen LogP contribution in [0.1, 0.15) is 16.8 Å². The van der Waals surface area contributed by atoms with Crippen LogP contribution in [0.2, 0.25) is 0 Å². The molecule has 1 aliphatic rings. The van der Waals surface area contributed by atoms with Gasteiger partial charge in [0.1, 0.15) is 5.75 Å². The lowest BCUT2D eigenvalue weighted by molar-refractivity contribution is 0.285. The van der Waals surface area contributed by atoms with E-state index < -0.39 is 0 Å². The monoisotopic (exact) mass is 368 g/mol. The van der Waals surface area contributed by atoms with E-state index >= 15 is 0 Å². The van der Waals surface area contributed by atoms with Crippen LogP contribution in [0.5, 0.6) is 5.75 Å². The average Bonchev–Trinajstić information content (AvgIpc) is 2.07. The number of ether oxygens (including phenoxy) is 1. The van der Waals surface area contributed by atoms with Crippen molar-refractivity contribution in [2.75, 3.05) is 6.61 Å². The van der Waals surface area contributed by atoms with Crippen molar-refractivity contribution in [3.63, 3.8) is 0 Å². The van der Waals surface area contributed by atoms with Crippen molar-refractivity contribution in [3.8, 4) is 5.75 Å². The van der Waals surface area contributed by atoms with Crippen LogP contribution in [0.3, 0.4) is 0 Å². The van der Waals surface area contributed by atoms with E-state index in [9.17, 15) is 0 Å². The maximum Gasteiger partial charge on any atom is 0.137 e. The van der Waals surface area contributed by atoms with Crippen LogP contribution in [0.15, 0.2) is 21.1 Å². The molecule has 1 nitrogen and oxygen atoms in total. The van der Waals surface area contributed by atoms with Crippen LogP contribution < -0.4 is 4.74 Å². The largest absolute Gasteiger partial charge is 0.492 e. The highest BCUT2D eigenvalue weighted by Crippen LogP contribution is 2.43. The number of alkyl halides is 1. The number of rotatable bonds is 0. The van der Waals surface area contributed by atoms with E-state index in [0.29, 0.717) is 4.83 Å². The van der Waals surface area contributed by atoms with Gasteiger partial charge in [0.05, 0.1) is 11.1 Å². The molecule has 13 heavy (non-hydrogen) atoms. The molecule has 1 aromatic carbocycles. The first kappa shape index (κ1) is 9.99. The van der Waals surface area contributed by atoms with Gasteiger partial charge in [-0.15, -0.1) is 0 Å². The zero-order chi connectivity index (χ0) is 9.42. The summed E-state index contributed by atoms with van der Waals surface area (Å²) >= 11 is 10.6. The molecule has 4 heteroatoms. The minimum Gasteiger partial charge on any atom is -0.492 e. The predicted molar refractivity (Wildman–Crippen MR) is 63.6 cm³/mol. The molecule has 2 rings (SSSR count). The van der Waals surface area contributed by atoms with Crippen molar-refractivity contribution in [3.05, 3.63) is 26.6 Å². The molecule has 1 aliphatic heterocycles. The summed E-state index contributed by atoms with van der Waals surface area (Å²) in [4.78, 5) is 0.407. The minimum atomic E-state index is 0.407. The van der Waals surface area contributed by atoms with Crippen molar-refractivity contribution in [1.29, 1.82) is 0 Å². The van der Waals surface area contributed by atoms with Gasteiger partial charge in [-0.1, -0.05) is 31.9 Å². The third kappa shape index (κ3) is 1.95. The van der Waals surface area contributed by atoms with Crippen molar-refractivity contribution >= 4 is 47.8 Å². The third-order valence-electron chi connectivity index (χ3n) is 1.99.